The van der Waals surface area contributed by atoms with Gasteiger partial charge in [-0.2, -0.15) is 0 Å². The Hall–Kier alpha value is -3.10. The summed E-state index contributed by atoms with van der Waals surface area (Å²) in [5.41, 5.74) is 5.71. The summed E-state index contributed by atoms with van der Waals surface area (Å²) in [6, 6.07) is 5.40. The van der Waals surface area contributed by atoms with E-state index < -0.39 is 41.1 Å². The minimum absolute atomic E-state index is 0.0163. The fourth-order valence-electron chi connectivity index (χ4n) is 3.55. The first-order valence-corrected chi connectivity index (χ1v) is 12.5. The number of nitrogens with two attached hydrogens (primary N) is 1. The van der Waals surface area contributed by atoms with Gasteiger partial charge in [0, 0.05) is 18.5 Å². The van der Waals surface area contributed by atoms with Crippen molar-refractivity contribution in [2.45, 2.75) is 104 Å². The molecular formula is C27H44N4O5. The van der Waals surface area contributed by atoms with Gasteiger partial charge in [-0.25, -0.2) is 4.79 Å². The maximum absolute atomic E-state index is 13.9. The van der Waals surface area contributed by atoms with Crippen LogP contribution in [0.4, 0.5) is 4.79 Å². The van der Waals surface area contributed by atoms with E-state index in [1.165, 1.54) is 4.90 Å². The lowest BCUT2D eigenvalue weighted by Gasteiger charge is -2.36. The number of alkyl carbamates (subject to hydrolysis) is 1. The Morgan fingerprint density at radius 3 is 2.08 bits per heavy atom. The zero-order valence-electron chi connectivity index (χ0n) is 23.1. The van der Waals surface area contributed by atoms with Crippen molar-refractivity contribution in [3.05, 3.63) is 35.4 Å². The van der Waals surface area contributed by atoms with Crippen LogP contribution in [0.15, 0.2) is 24.3 Å². The largest absolute Gasteiger partial charge is 0.444 e. The standard InChI is InChI=1S/C27H44N4O5/c1-9-10-17-31(22(23(33)30-26(3,4)5)19-13-11-18(2)12-14-19)24(34)20(15-16-21(28)32)29-25(35)36-27(6,7)8/h11-14,20,22H,9-10,15-17H2,1-8H3,(H2,28,32)(H,29,35)(H,30,33). The lowest BCUT2D eigenvalue weighted by Crippen LogP contribution is -2.55. The number of hydrogen-bond acceptors (Lipinski definition) is 5. The molecule has 0 radical (unpaired) electrons. The summed E-state index contributed by atoms with van der Waals surface area (Å²) in [5, 5.41) is 5.58. The number of carbonyl (C=O) groups is 4. The van der Waals surface area contributed by atoms with Crippen molar-refractivity contribution in [2.75, 3.05) is 6.54 Å². The van der Waals surface area contributed by atoms with Gasteiger partial charge in [0.15, 0.2) is 0 Å². The fourth-order valence-corrected chi connectivity index (χ4v) is 3.55. The highest BCUT2D eigenvalue weighted by Crippen LogP contribution is 2.25. The molecule has 36 heavy (non-hydrogen) atoms. The molecule has 202 valence electrons. The van der Waals surface area contributed by atoms with Crippen molar-refractivity contribution in [1.82, 2.24) is 15.5 Å². The van der Waals surface area contributed by atoms with Crippen molar-refractivity contribution < 1.29 is 23.9 Å². The molecule has 0 aliphatic heterocycles. The summed E-state index contributed by atoms with van der Waals surface area (Å²) < 4.78 is 5.34. The first kappa shape index (κ1) is 30.9. The number of unbranched alkanes of at least 4 members (excludes halogenated alkanes) is 1. The number of primary amides is 1. The molecule has 4 amide bonds. The number of nitrogens with zero attached hydrogens (tertiary/aromatic N) is 1. The molecule has 0 spiro atoms. The molecule has 0 fully saturated rings. The molecule has 0 aliphatic carbocycles. The molecule has 0 saturated heterocycles. The van der Waals surface area contributed by atoms with Crippen LogP contribution in [0.1, 0.15) is 91.3 Å². The second kappa shape index (κ2) is 13.3. The molecule has 0 bridgehead atoms. The van der Waals surface area contributed by atoms with E-state index in [4.69, 9.17) is 10.5 Å². The van der Waals surface area contributed by atoms with Crippen LogP contribution in [0.2, 0.25) is 0 Å². The molecular weight excluding hydrogens is 460 g/mol. The summed E-state index contributed by atoms with van der Waals surface area (Å²) in [4.78, 5) is 53.1. The number of amides is 4. The lowest BCUT2D eigenvalue weighted by atomic mass is 9.98. The molecule has 1 aromatic rings. The second-order valence-corrected chi connectivity index (χ2v) is 11.1. The summed E-state index contributed by atoms with van der Waals surface area (Å²) in [5.74, 6) is -1.41. The third kappa shape index (κ3) is 11.1. The van der Waals surface area contributed by atoms with Crippen molar-refractivity contribution in [1.29, 1.82) is 0 Å². The highest BCUT2D eigenvalue weighted by atomic mass is 16.6. The average Bonchev–Trinajstić information content (AvgIpc) is 2.71. The summed E-state index contributed by atoms with van der Waals surface area (Å²) in [6.45, 7) is 15.0. The monoisotopic (exact) mass is 504 g/mol. The Kier molecular flexibility index (Phi) is 11.4. The van der Waals surface area contributed by atoms with E-state index in [-0.39, 0.29) is 25.3 Å². The molecule has 4 N–H and O–H groups in total. The maximum Gasteiger partial charge on any atom is 0.408 e. The van der Waals surface area contributed by atoms with Gasteiger partial charge < -0.3 is 26.0 Å². The maximum atomic E-state index is 13.9. The highest BCUT2D eigenvalue weighted by Gasteiger charge is 2.37. The van der Waals surface area contributed by atoms with Gasteiger partial charge in [-0.15, -0.1) is 0 Å². The first-order chi connectivity index (χ1) is 16.5. The number of rotatable bonds is 11. The van der Waals surface area contributed by atoms with Crippen LogP contribution in [0.3, 0.4) is 0 Å². The van der Waals surface area contributed by atoms with Crippen LogP contribution in [-0.4, -0.2) is 52.4 Å². The lowest BCUT2D eigenvalue weighted by molar-refractivity contribution is -0.143. The van der Waals surface area contributed by atoms with Crippen molar-refractivity contribution in [2.24, 2.45) is 5.73 Å². The third-order valence-electron chi connectivity index (χ3n) is 5.16. The molecule has 1 rings (SSSR count). The van der Waals surface area contributed by atoms with Gasteiger partial charge in [-0.3, -0.25) is 14.4 Å². The van der Waals surface area contributed by atoms with Gasteiger partial charge in [-0.05, 0) is 66.9 Å². The van der Waals surface area contributed by atoms with Crippen molar-refractivity contribution in [3.8, 4) is 0 Å². The van der Waals surface area contributed by atoms with Crippen LogP contribution < -0.4 is 16.4 Å². The van der Waals surface area contributed by atoms with Gasteiger partial charge in [0.2, 0.25) is 17.7 Å². The molecule has 0 heterocycles. The quantitative estimate of drug-likeness (QED) is 0.423. The Balaban J connectivity index is 3.49. The van der Waals surface area contributed by atoms with Crippen molar-refractivity contribution in [3.63, 3.8) is 0 Å². The van der Waals surface area contributed by atoms with Gasteiger partial charge in [0.25, 0.3) is 0 Å². The highest BCUT2D eigenvalue weighted by molar-refractivity contribution is 5.92. The van der Waals surface area contributed by atoms with E-state index >= 15 is 0 Å². The Morgan fingerprint density at radius 1 is 1.03 bits per heavy atom. The topological polar surface area (TPSA) is 131 Å². The normalized spacial score (nSPS) is 13.3. The Morgan fingerprint density at radius 2 is 1.61 bits per heavy atom. The molecule has 0 aliphatic rings. The van der Waals surface area contributed by atoms with Crippen LogP contribution in [0.25, 0.3) is 0 Å². The molecule has 9 nitrogen and oxygen atoms in total. The molecule has 0 saturated carbocycles. The van der Waals surface area contributed by atoms with Crippen LogP contribution in [-0.2, 0) is 19.1 Å². The smallest absolute Gasteiger partial charge is 0.408 e. The van der Waals surface area contributed by atoms with E-state index in [9.17, 15) is 19.2 Å². The average molecular weight is 505 g/mol. The predicted octanol–water partition coefficient (Wildman–Crippen LogP) is 3.74. The van der Waals surface area contributed by atoms with Crippen LogP contribution >= 0.6 is 0 Å². The third-order valence-corrected chi connectivity index (χ3v) is 5.16. The number of nitrogens with one attached hydrogen (secondary N) is 2. The Bertz CT molecular complexity index is 900. The summed E-state index contributed by atoms with van der Waals surface area (Å²) >= 11 is 0. The summed E-state index contributed by atoms with van der Waals surface area (Å²) in [6.07, 6.45) is 0.518. The van der Waals surface area contributed by atoms with Gasteiger partial charge >= 0.3 is 6.09 Å². The predicted molar refractivity (Wildman–Crippen MR) is 140 cm³/mol. The molecule has 9 heteroatoms. The van der Waals surface area contributed by atoms with E-state index in [0.29, 0.717) is 12.0 Å². The van der Waals surface area contributed by atoms with Gasteiger partial charge in [-0.1, -0.05) is 43.2 Å². The zero-order valence-corrected chi connectivity index (χ0v) is 23.1. The minimum atomic E-state index is -1.10. The number of benzene rings is 1. The van der Waals surface area contributed by atoms with E-state index in [1.54, 1.807) is 20.8 Å². The molecule has 2 atom stereocenters. The van der Waals surface area contributed by atoms with Gasteiger partial charge in [0.05, 0.1) is 0 Å². The number of aryl methyl sites for hydroxylation is 1. The zero-order chi connectivity index (χ0) is 27.7. The van der Waals surface area contributed by atoms with Crippen LogP contribution in [0.5, 0.6) is 0 Å². The fraction of sp³-hybridized carbons (Fsp3) is 0.630. The second-order valence-electron chi connectivity index (χ2n) is 11.1. The summed E-state index contributed by atoms with van der Waals surface area (Å²) in [7, 11) is 0. The van der Waals surface area contributed by atoms with Crippen LogP contribution in [0, 0.1) is 6.92 Å². The molecule has 0 aromatic heterocycles. The van der Waals surface area contributed by atoms with E-state index in [2.05, 4.69) is 10.6 Å². The first-order valence-electron chi connectivity index (χ1n) is 12.5. The van der Waals surface area contributed by atoms with E-state index in [1.807, 2.05) is 58.9 Å². The molecule has 2 unspecified atom stereocenters. The van der Waals surface area contributed by atoms with Gasteiger partial charge in [0.1, 0.15) is 17.7 Å². The van der Waals surface area contributed by atoms with E-state index in [0.717, 1.165) is 12.0 Å². The Labute approximate surface area is 215 Å². The number of carbonyl (C=O) groups excluding carboxylic acids is 4. The SMILES string of the molecule is CCCCN(C(=O)C(CCC(N)=O)NC(=O)OC(C)(C)C)C(C(=O)NC(C)(C)C)c1ccc(C)cc1. The minimum Gasteiger partial charge on any atom is -0.444 e. The van der Waals surface area contributed by atoms with Crippen molar-refractivity contribution >= 4 is 23.8 Å². The molecule has 1 aromatic carbocycles. The number of hydrogen-bond donors (Lipinski definition) is 3. The number of ether oxygens (including phenoxy) is 1.